The summed E-state index contributed by atoms with van der Waals surface area (Å²) < 4.78 is 57.3. The normalized spacial score (nSPS) is 12.3. The van der Waals surface area contributed by atoms with Crippen molar-refractivity contribution < 1.29 is 26.4 Å². The largest absolute Gasteiger partial charge is 0.469 e. The topological polar surface area (TPSA) is 124 Å². The van der Waals surface area contributed by atoms with Crippen LogP contribution < -0.4 is 4.83 Å². The highest BCUT2D eigenvalue weighted by Crippen LogP contribution is 2.18. The lowest BCUT2D eigenvalue weighted by Crippen LogP contribution is -2.20. The molecule has 0 radical (unpaired) electrons. The van der Waals surface area contributed by atoms with Gasteiger partial charge in [0.1, 0.15) is 0 Å². The van der Waals surface area contributed by atoms with Crippen LogP contribution in [-0.2, 0) is 29.6 Å². The van der Waals surface area contributed by atoms with Crippen molar-refractivity contribution >= 4 is 31.7 Å². The van der Waals surface area contributed by atoms with Gasteiger partial charge in [0.15, 0.2) is 0 Å². The van der Waals surface area contributed by atoms with Crippen molar-refractivity contribution in [2.24, 2.45) is 5.10 Å². The minimum absolute atomic E-state index is 0.0771. The number of nitrogens with one attached hydrogen (secondary N) is 1. The van der Waals surface area contributed by atoms with Crippen molar-refractivity contribution in [3.8, 4) is 0 Å². The SMILES string of the molecule is COC(=O)CCCCCC/C(=N/NS(=O)(=O)c1ccc(C)cc1)c1ccn(S(=O)(=O)c2ccccc2)c1. The summed E-state index contributed by atoms with van der Waals surface area (Å²) in [6.45, 7) is 1.86. The highest BCUT2D eigenvalue weighted by molar-refractivity contribution is 7.90. The monoisotopic (exact) mass is 545 g/mol. The summed E-state index contributed by atoms with van der Waals surface area (Å²) in [6, 6.07) is 16.0. The third kappa shape index (κ3) is 7.77. The lowest BCUT2D eigenvalue weighted by atomic mass is 10.1. The Morgan fingerprint density at radius 1 is 0.865 bits per heavy atom. The predicted octanol–water partition coefficient (Wildman–Crippen LogP) is 4.23. The van der Waals surface area contributed by atoms with Crippen LogP contribution >= 0.6 is 0 Å². The van der Waals surface area contributed by atoms with Crippen molar-refractivity contribution in [1.29, 1.82) is 0 Å². The Morgan fingerprint density at radius 3 is 2.16 bits per heavy atom. The van der Waals surface area contributed by atoms with E-state index >= 15 is 0 Å². The van der Waals surface area contributed by atoms with Crippen LogP contribution in [0, 0.1) is 6.92 Å². The maximum Gasteiger partial charge on any atom is 0.305 e. The van der Waals surface area contributed by atoms with E-state index in [1.54, 1.807) is 36.4 Å². The molecule has 198 valence electrons. The number of benzene rings is 2. The fourth-order valence-corrected chi connectivity index (χ4v) is 5.63. The van der Waals surface area contributed by atoms with E-state index < -0.39 is 20.0 Å². The molecule has 37 heavy (non-hydrogen) atoms. The van der Waals surface area contributed by atoms with Crippen LogP contribution in [0.25, 0.3) is 0 Å². The molecule has 1 N–H and O–H groups in total. The summed E-state index contributed by atoms with van der Waals surface area (Å²) in [5, 5.41) is 4.19. The van der Waals surface area contributed by atoms with E-state index in [-0.39, 0.29) is 15.8 Å². The minimum atomic E-state index is -3.91. The standard InChI is InChI=1S/C26H31N3O6S2/c1-21-14-16-23(17-15-21)36(31,32)28-27-25(12-8-3-4-9-13-26(30)35-2)22-18-19-29(20-22)37(33,34)24-10-6-5-7-11-24/h5-7,10-11,14-20,28H,3-4,8-9,12-13H2,1-2H3/b27-25-. The van der Waals surface area contributed by atoms with Gasteiger partial charge in [-0.1, -0.05) is 48.7 Å². The fourth-order valence-electron chi connectivity index (χ4n) is 3.58. The lowest BCUT2D eigenvalue weighted by molar-refractivity contribution is -0.140. The van der Waals surface area contributed by atoms with Crippen LogP contribution in [0.1, 0.15) is 49.7 Å². The van der Waals surface area contributed by atoms with E-state index in [4.69, 9.17) is 0 Å². The summed E-state index contributed by atoms with van der Waals surface area (Å²) in [7, 11) is -6.36. The highest BCUT2D eigenvalue weighted by Gasteiger charge is 2.19. The number of unbranched alkanes of at least 4 members (excludes halogenated alkanes) is 3. The van der Waals surface area contributed by atoms with Crippen molar-refractivity contribution in [2.45, 2.75) is 55.2 Å². The van der Waals surface area contributed by atoms with E-state index in [9.17, 15) is 21.6 Å². The van der Waals surface area contributed by atoms with Crippen molar-refractivity contribution in [2.75, 3.05) is 7.11 Å². The van der Waals surface area contributed by atoms with Gasteiger partial charge in [0.2, 0.25) is 0 Å². The molecule has 0 bridgehead atoms. The number of hydrogen-bond donors (Lipinski definition) is 1. The molecule has 0 aliphatic carbocycles. The van der Waals surface area contributed by atoms with Gasteiger partial charge in [0.05, 0.1) is 22.6 Å². The summed E-state index contributed by atoms with van der Waals surface area (Å²) in [5.74, 6) is -0.256. The summed E-state index contributed by atoms with van der Waals surface area (Å²) in [5.41, 5.74) is 1.82. The van der Waals surface area contributed by atoms with E-state index in [1.807, 2.05) is 6.92 Å². The fraction of sp³-hybridized carbons (Fsp3) is 0.308. The van der Waals surface area contributed by atoms with Crippen molar-refractivity contribution in [3.05, 3.63) is 84.2 Å². The third-order valence-corrected chi connectivity index (χ3v) is 8.60. The van der Waals surface area contributed by atoms with Crippen LogP contribution in [-0.4, -0.2) is 39.6 Å². The van der Waals surface area contributed by atoms with Gasteiger partial charge in [-0.2, -0.15) is 18.4 Å². The van der Waals surface area contributed by atoms with Crippen molar-refractivity contribution in [1.82, 2.24) is 8.80 Å². The molecule has 1 aromatic heterocycles. The number of sulfonamides is 1. The number of hydrogen-bond acceptors (Lipinski definition) is 7. The van der Waals surface area contributed by atoms with Gasteiger partial charge in [-0.25, -0.2) is 12.4 Å². The Morgan fingerprint density at radius 2 is 1.51 bits per heavy atom. The summed E-state index contributed by atoms with van der Waals surface area (Å²) in [4.78, 5) is 13.8. The third-order valence-electron chi connectivity index (χ3n) is 5.72. The van der Waals surface area contributed by atoms with Crippen LogP contribution in [0.5, 0.6) is 0 Å². The van der Waals surface area contributed by atoms with Crippen LogP contribution in [0.4, 0.5) is 0 Å². The van der Waals surface area contributed by atoms with Gasteiger partial charge >= 0.3 is 5.97 Å². The average molecular weight is 546 g/mol. The second-order valence-corrected chi connectivity index (χ2v) is 12.0. The van der Waals surface area contributed by atoms with Gasteiger partial charge in [-0.15, -0.1) is 0 Å². The Bertz CT molecular complexity index is 1430. The number of rotatable bonds is 13. The number of ether oxygens (including phenoxy) is 1. The van der Waals surface area contributed by atoms with Crippen LogP contribution in [0.3, 0.4) is 0 Å². The zero-order chi connectivity index (χ0) is 26.9. The Balaban J connectivity index is 1.80. The lowest BCUT2D eigenvalue weighted by Gasteiger charge is -2.09. The molecule has 1 heterocycles. The molecule has 0 saturated carbocycles. The number of hydrazone groups is 1. The van der Waals surface area contributed by atoms with E-state index in [0.29, 0.717) is 37.0 Å². The second-order valence-electron chi connectivity index (χ2n) is 8.50. The zero-order valence-corrected chi connectivity index (χ0v) is 22.5. The maximum atomic E-state index is 13.0. The average Bonchev–Trinajstić information content (AvgIpc) is 3.39. The first-order valence-corrected chi connectivity index (χ1v) is 14.8. The predicted molar refractivity (Wildman–Crippen MR) is 141 cm³/mol. The number of methoxy groups -OCH3 is 1. The first-order chi connectivity index (χ1) is 17.6. The summed E-state index contributed by atoms with van der Waals surface area (Å²) in [6.07, 6.45) is 6.52. The molecule has 2 aromatic carbocycles. The molecule has 3 aromatic rings. The molecule has 0 spiro atoms. The maximum absolute atomic E-state index is 13.0. The highest BCUT2D eigenvalue weighted by atomic mass is 32.2. The number of aromatic nitrogens is 1. The zero-order valence-electron chi connectivity index (χ0n) is 20.8. The Hall–Kier alpha value is -3.44. The quantitative estimate of drug-likeness (QED) is 0.148. The molecular weight excluding hydrogens is 514 g/mol. The molecule has 3 rings (SSSR count). The molecule has 0 atom stereocenters. The molecule has 0 unspecified atom stereocenters. The van der Waals surface area contributed by atoms with Gasteiger partial charge < -0.3 is 4.74 Å². The molecule has 9 nitrogen and oxygen atoms in total. The number of carbonyl (C=O) groups is 1. The van der Waals surface area contributed by atoms with E-state index in [1.165, 1.54) is 43.8 Å². The first-order valence-electron chi connectivity index (χ1n) is 11.8. The Kier molecular flexibility index (Phi) is 9.65. The van der Waals surface area contributed by atoms with Gasteiger partial charge in [0.25, 0.3) is 20.0 Å². The summed E-state index contributed by atoms with van der Waals surface area (Å²) >= 11 is 0. The number of carbonyl (C=O) groups excluding carboxylic acids is 1. The van der Waals surface area contributed by atoms with E-state index in [0.717, 1.165) is 22.4 Å². The van der Waals surface area contributed by atoms with Crippen LogP contribution in [0.15, 0.2) is 87.9 Å². The molecule has 0 aliphatic rings. The number of nitrogens with zero attached hydrogens (tertiary/aromatic N) is 2. The second kappa shape index (κ2) is 12.7. The number of aryl methyl sites for hydroxylation is 1. The van der Waals surface area contributed by atoms with Gasteiger partial charge in [0, 0.05) is 24.4 Å². The molecule has 0 aliphatic heterocycles. The van der Waals surface area contributed by atoms with Crippen molar-refractivity contribution in [3.63, 3.8) is 0 Å². The number of esters is 1. The molecular formula is C26H31N3O6S2. The van der Waals surface area contributed by atoms with Gasteiger partial charge in [-0.05, 0) is 56.5 Å². The van der Waals surface area contributed by atoms with E-state index in [2.05, 4.69) is 14.7 Å². The molecule has 0 fully saturated rings. The Labute approximate surface area is 218 Å². The first kappa shape index (κ1) is 28.1. The van der Waals surface area contributed by atoms with Crippen LogP contribution in [0.2, 0.25) is 0 Å². The molecule has 0 saturated heterocycles. The minimum Gasteiger partial charge on any atom is -0.469 e. The van der Waals surface area contributed by atoms with Gasteiger partial charge in [-0.3, -0.25) is 4.79 Å². The molecule has 11 heteroatoms. The molecule has 0 amide bonds. The smallest absolute Gasteiger partial charge is 0.305 e.